The van der Waals surface area contributed by atoms with Crippen LogP contribution in [0.2, 0.25) is 5.02 Å². The van der Waals surface area contributed by atoms with Gasteiger partial charge in [-0.2, -0.15) is 0 Å². The van der Waals surface area contributed by atoms with Gasteiger partial charge >= 0.3 is 12.4 Å². The molecule has 0 saturated heterocycles. The number of halogens is 5. The summed E-state index contributed by atoms with van der Waals surface area (Å²) in [5.74, 6) is -0.748. The topological polar surface area (TPSA) is 66.2 Å². The number of benzene rings is 2. The summed E-state index contributed by atoms with van der Waals surface area (Å²) in [5.41, 5.74) is 1.45. The predicted octanol–water partition coefficient (Wildman–Crippen LogP) is 5.68. The molecule has 0 aliphatic heterocycles. The molecule has 10 heteroatoms. The Kier molecular flexibility index (Phi) is 5.76. The molecule has 3 rings (SSSR count). The van der Waals surface area contributed by atoms with Crippen LogP contribution in [0.4, 0.5) is 33.7 Å². The van der Waals surface area contributed by atoms with E-state index in [1.807, 2.05) is 0 Å². The normalized spacial score (nSPS) is 11.6. The van der Waals surface area contributed by atoms with E-state index in [1.165, 1.54) is 12.1 Å². The summed E-state index contributed by atoms with van der Waals surface area (Å²) in [6.07, 6.45) is -3.43. The standard InChI is InChI=1S/C18H14ClF4N3O2/c19-11-2-4-15-13(7-11)16(9-24-15)26-17(27)25-12-3-1-10(14(20)8-12)5-6-28-18(21,22)23/h1-4,7-9,24H,5-6H2,(H2,25,26,27). The molecule has 3 N–H and O–H groups in total. The fourth-order valence-electron chi connectivity index (χ4n) is 2.59. The van der Waals surface area contributed by atoms with Gasteiger partial charge in [-0.1, -0.05) is 17.7 Å². The van der Waals surface area contributed by atoms with Gasteiger partial charge in [0.05, 0.1) is 12.3 Å². The first kappa shape index (κ1) is 20.0. The molecule has 2 aromatic carbocycles. The number of fused-ring (bicyclic) bond motifs is 1. The van der Waals surface area contributed by atoms with Gasteiger partial charge in [-0.25, -0.2) is 9.18 Å². The fraction of sp³-hybridized carbons (Fsp3) is 0.167. The maximum absolute atomic E-state index is 14.0. The van der Waals surface area contributed by atoms with E-state index in [4.69, 9.17) is 11.6 Å². The number of alkyl halides is 3. The van der Waals surface area contributed by atoms with Crippen LogP contribution >= 0.6 is 11.6 Å². The van der Waals surface area contributed by atoms with Crippen LogP contribution in [0.1, 0.15) is 5.56 Å². The molecule has 0 aliphatic rings. The summed E-state index contributed by atoms with van der Waals surface area (Å²) < 4.78 is 53.5. The van der Waals surface area contributed by atoms with Gasteiger partial charge in [-0.05, 0) is 42.3 Å². The first-order valence-electron chi connectivity index (χ1n) is 8.05. The molecule has 0 atom stereocenters. The lowest BCUT2D eigenvalue weighted by molar-refractivity contribution is -0.324. The molecule has 0 unspecified atom stereocenters. The van der Waals surface area contributed by atoms with Gasteiger partial charge in [-0.15, -0.1) is 13.2 Å². The second kappa shape index (κ2) is 8.07. The lowest BCUT2D eigenvalue weighted by Crippen LogP contribution is -2.19. The van der Waals surface area contributed by atoms with E-state index in [0.717, 1.165) is 11.6 Å². The van der Waals surface area contributed by atoms with Crippen molar-refractivity contribution in [3.63, 3.8) is 0 Å². The van der Waals surface area contributed by atoms with Gasteiger partial charge < -0.3 is 15.6 Å². The van der Waals surface area contributed by atoms with Crippen molar-refractivity contribution >= 4 is 39.9 Å². The van der Waals surface area contributed by atoms with E-state index in [2.05, 4.69) is 20.4 Å². The van der Waals surface area contributed by atoms with Crippen molar-refractivity contribution in [3.05, 3.63) is 59.0 Å². The van der Waals surface area contributed by atoms with Crippen molar-refractivity contribution in [1.29, 1.82) is 0 Å². The smallest absolute Gasteiger partial charge is 0.359 e. The van der Waals surface area contributed by atoms with E-state index in [-0.39, 0.29) is 17.7 Å². The minimum Gasteiger partial charge on any atom is -0.359 e. The number of hydrogen-bond acceptors (Lipinski definition) is 2. The molecule has 1 aromatic heterocycles. The molecule has 0 radical (unpaired) electrons. The Bertz CT molecular complexity index is 1000. The minimum atomic E-state index is -4.76. The Morgan fingerprint density at radius 2 is 1.93 bits per heavy atom. The van der Waals surface area contributed by atoms with Crippen LogP contribution in [0.25, 0.3) is 10.9 Å². The number of amides is 2. The average Bonchev–Trinajstić information content (AvgIpc) is 2.98. The van der Waals surface area contributed by atoms with E-state index in [1.54, 1.807) is 24.4 Å². The second-order valence-electron chi connectivity index (χ2n) is 5.82. The highest BCUT2D eigenvalue weighted by Gasteiger charge is 2.28. The van der Waals surface area contributed by atoms with Gasteiger partial charge in [0.25, 0.3) is 0 Å². The van der Waals surface area contributed by atoms with Gasteiger partial charge in [-0.3, -0.25) is 4.74 Å². The first-order valence-corrected chi connectivity index (χ1v) is 8.43. The molecule has 2 amide bonds. The van der Waals surface area contributed by atoms with Gasteiger partial charge in [0.2, 0.25) is 0 Å². The van der Waals surface area contributed by atoms with Crippen LogP contribution in [0.5, 0.6) is 0 Å². The van der Waals surface area contributed by atoms with Crippen molar-refractivity contribution in [2.24, 2.45) is 0 Å². The van der Waals surface area contributed by atoms with E-state index < -0.39 is 24.8 Å². The number of ether oxygens (including phenoxy) is 1. The molecule has 0 spiro atoms. The second-order valence-corrected chi connectivity index (χ2v) is 6.26. The third-order valence-electron chi connectivity index (χ3n) is 3.84. The number of carbonyl (C=O) groups excluding carboxylic acids is 1. The average molecular weight is 416 g/mol. The highest BCUT2D eigenvalue weighted by Crippen LogP contribution is 2.26. The van der Waals surface area contributed by atoms with Crippen LogP contribution in [0.3, 0.4) is 0 Å². The zero-order valence-electron chi connectivity index (χ0n) is 14.2. The van der Waals surface area contributed by atoms with Gasteiger partial charge in [0.15, 0.2) is 0 Å². The third kappa shape index (κ3) is 5.14. The highest BCUT2D eigenvalue weighted by molar-refractivity contribution is 6.31. The summed E-state index contributed by atoms with van der Waals surface area (Å²) in [5, 5.41) is 6.28. The maximum Gasteiger partial charge on any atom is 0.522 e. The van der Waals surface area contributed by atoms with Crippen molar-refractivity contribution in [1.82, 2.24) is 4.98 Å². The summed E-state index contributed by atoms with van der Waals surface area (Å²) in [6.45, 7) is -0.698. The number of hydrogen-bond donors (Lipinski definition) is 3. The fourth-order valence-corrected chi connectivity index (χ4v) is 2.76. The summed E-state index contributed by atoms with van der Waals surface area (Å²) in [6, 6.07) is 8.22. The SMILES string of the molecule is O=C(Nc1ccc(CCOC(F)(F)F)c(F)c1)Nc1c[nH]c2ccc(Cl)cc12. The molecule has 0 saturated carbocycles. The van der Waals surface area contributed by atoms with Crippen LogP contribution in [-0.2, 0) is 11.2 Å². The largest absolute Gasteiger partial charge is 0.522 e. The van der Waals surface area contributed by atoms with E-state index in [9.17, 15) is 22.4 Å². The van der Waals surface area contributed by atoms with Crippen LogP contribution < -0.4 is 10.6 Å². The molecule has 28 heavy (non-hydrogen) atoms. The number of aromatic nitrogens is 1. The minimum absolute atomic E-state index is 0.0430. The van der Waals surface area contributed by atoms with Crippen molar-refractivity contribution < 1.29 is 27.1 Å². The van der Waals surface area contributed by atoms with Crippen molar-refractivity contribution in [2.45, 2.75) is 12.8 Å². The number of aromatic amines is 1. The zero-order valence-corrected chi connectivity index (χ0v) is 14.9. The van der Waals surface area contributed by atoms with Crippen LogP contribution in [0, 0.1) is 5.82 Å². The third-order valence-corrected chi connectivity index (χ3v) is 4.08. The van der Waals surface area contributed by atoms with Crippen LogP contribution in [-0.4, -0.2) is 24.0 Å². The molecule has 0 aliphatic carbocycles. The van der Waals surface area contributed by atoms with Gasteiger partial charge in [0.1, 0.15) is 5.82 Å². The quantitative estimate of drug-likeness (QED) is 0.469. The lowest BCUT2D eigenvalue weighted by atomic mass is 10.1. The Balaban J connectivity index is 1.62. The Hall–Kier alpha value is -2.78. The predicted molar refractivity (Wildman–Crippen MR) is 98.1 cm³/mol. The number of carbonyl (C=O) groups is 1. The summed E-state index contributed by atoms with van der Waals surface area (Å²) in [7, 11) is 0. The maximum atomic E-state index is 14.0. The lowest BCUT2D eigenvalue weighted by Gasteiger charge is -2.10. The van der Waals surface area contributed by atoms with Crippen molar-refractivity contribution in [3.8, 4) is 0 Å². The summed E-state index contributed by atoms with van der Waals surface area (Å²) in [4.78, 5) is 15.1. The molecule has 0 bridgehead atoms. The molecular weight excluding hydrogens is 402 g/mol. The number of nitrogens with one attached hydrogen (secondary N) is 3. The number of H-pyrrole nitrogens is 1. The molecule has 5 nitrogen and oxygen atoms in total. The Labute approximate surface area is 161 Å². The Morgan fingerprint density at radius 3 is 2.64 bits per heavy atom. The summed E-state index contributed by atoms with van der Waals surface area (Å²) >= 11 is 5.95. The molecule has 0 fully saturated rings. The van der Waals surface area contributed by atoms with Crippen molar-refractivity contribution in [2.75, 3.05) is 17.2 Å². The highest BCUT2D eigenvalue weighted by atomic mass is 35.5. The molecular formula is C18H14ClF4N3O2. The zero-order chi connectivity index (χ0) is 20.3. The number of urea groups is 1. The number of anilines is 2. The monoisotopic (exact) mass is 415 g/mol. The van der Waals surface area contributed by atoms with Crippen LogP contribution in [0.15, 0.2) is 42.6 Å². The van der Waals surface area contributed by atoms with Gasteiger partial charge in [0, 0.05) is 27.8 Å². The first-order chi connectivity index (χ1) is 13.2. The van der Waals surface area contributed by atoms with E-state index in [0.29, 0.717) is 16.1 Å². The molecule has 148 valence electrons. The number of rotatable bonds is 5. The Morgan fingerprint density at radius 1 is 1.14 bits per heavy atom. The molecule has 3 aromatic rings. The van der Waals surface area contributed by atoms with E-state index >= 15 is 0 Å². The molecule has 1 heterocycles.